The molecule has 1 aliphatic carbocycles. The van der Waals surface area contributed by atoms with Crippen LogP contribution in [0.3, 0.4) is 0 Å². The van der Waals surface area contributed by atoms with Gasteiger partial charge in [0.1, 0.15) is 0 Å². The van der Waals surface area contributed by atoms with Crippen LogP contribution < -0.4 is 0 Å². The predicted molar refractivity (Wildman–Crippen MR) is 29.9 cm³/mol. The van der Waals surface area contributed by atoms with E-state index in [0.29, 0.717) is 6.42 Å². The lowest BCUT2D eigenvalue weighted by molar-refractivity contribution is 0.0305. The maximum Gasteiger partial charge on any atom is 0.0960 e. The lowest BCUT2D eigenvalue weighted by Gasteiger charge is -2.07. The Morgan fingerprint density at radius 3 is 2.67 bits per heavy atom. The summed E-state index contributed by atoms with van der Waals surface area (Å²) in [5.41, 5.74) is -0.548. The minimum atomic E-state index is -0.548. The highest BCUT2D eigenvalue weighted by Gasteiger charge is 2.60. The zero-order chi connectivity index (χ0) is 6.48. The van der Waals surface area contributed by atoms with Crippen LogP contribution in [0.15, 0.2) is 0 Å². The monoisotopic (exact) mass is 130 g/mol. The van der Waals surface area contributed by atoms with Gasteiger partial charge in [0.2, 0.25) is 0 Å². The van der Waals surface area contributed by atoms with E-state index in [9.17, 15) is 5.11 Å². The lowest BCUT2D eigenvalue weighted by Crippen LogP contribution is -2.16. The summed E-state index contributed by atoms with van der Waals surface area (Å²) in [6.45, 7) is 0.0405. The highest BCUT2D eigenvalue weighted by molar-refractivity contribution is 5.11. The molecule has 0 aromatic carbocycles. The van der Waals surface area contributed by atoms with Crippen molar-refractivity contribution in [1.29, 1.82) is 0 Å². The van der Waals surface area contributed by atoms with E-state index in [4.69, 9.17) is 9.84 Å². The molecular weight excluding hydrogens is 120 g/mol. The van der Waals surface area contributed by atoms with Crippen molar-refractivity contribution in [1.82, 2.24) is 0 Å². The van der Waals surface area contributed by atoms with Gasteiger partial charge in [-0.05, 0) is 0 Å². The molecule has 1 saturated carbocycles. The molecule has 3 nitrogen and oxygen atoms in total. The van der Waals surface area contributed by atoms with Gasteiger partial charge < -0.3 is 14.9 Å². The lowest BCUT2D eigenvalue weighted by atomic mass is 10.2. The van der Waals surface area contributed by atoms with Crippen LogP contribution in [0.1, 0.15) is 12.8 Å². The Balaban J connectivity index is 1.98. The summed E-state index contributed by atoms with van der Waals surface area (Å²) >= 11 is 0. The number of rotatable bonds is 1. The molecule has 3 heteroatoms. The first-order chi connectivity index (χ1) is 4.24. The van der Waals surface area contributed by atoms with Crippen molar-refractivity contribution in [3.8, 4) is 0 Å². The van der Waals surface area contributed by atoms with Crippen molar-refractivity contribution >= 4 is 0 Å². The standard InChI is InChI=1S/C6H10O3/c7-3-4-1-6(8)2-5(6)9-4/h4-5,7-8H,1-3H2. The van der Waals surface area contributed by atoms with Crippen molar-refractivity contribution in [2.75, 3.05) is 6.61 Å². The number of fused-ring (bicyclic) bond motifs is 1. The van der Waals surface area contributed by atoms with Crippen LogP contribution >= 0.6 is 0 Å². The second-order valence-electron chi connectivity index (χ2n) is 2.94. The van der Waals surface area contributed by atoms with Crippen LogP contribution in [-0.4, -0.2) is 34.6 Å². The fourth-order valence-electron chi connectivity index (χ4n) is 1.43. The maximum absolute atomic E-state index is 9.33. The highest BCUT2D eigenvalue weighted by atomic mass is 16.5. The number of hydrogen-bond donors (Lipinski definition) is 2. The van der Waals surface area contributed by atoms with Crippen molar-refractivity contribution < 1.29 is 14.9 Å². The molecule has 0 radical (unpaired) electrons. The summed E-state index contributed by atoms with van der Waals surface area (Å²) in [5.74, 6) is 0. The fourth-order valence-corrected chi connectivity index (χ4v) is 1.43. The van der Waals surface area contributed by atoms with E-state index in [1.165, 1.54) is 0 Å². The van der Waals surface area contributed by atoms with Crippen molar-refractivity contribution in [2.24, 2.45) is 0 Å². The Labute approximate surface area is 53.3 Å². The molecule has 2 fully saturated rings. The first-order valence-electron chi connectivity index (χ1n) is 3.23. The molecular formula is C6H10O3. The van der Waals surface area contributed by atoms with Crippen molar-refractivity contribution in [2.45, 2.75) is 30.7 Å². The number of aliphatic hydroxyl groups excluding tert-OH is 1. The molecule has 2 aliphatic rings. The molecule has 0 bridgehead atoms. The van der Waals surface area contributed by atoms with E-state index >= 15 is 0 Å². The van der Waals surface area contributed by atoms with Crippen LogP contribution in [0.4, 0.5) is 0 Å². The summed E-state index contributed by atoms with van der Waals surface area (Å²) in [4.78, 5) is 0. The van der Waals surface area contributed by atoms with Crippen LogP contribution in [0.5, 0.6) is 0 Å². The summed E-state index contributed by atoms with van der Waals surface area (Å²) in [6.07, 6.45) is 1.32. The molecule has 0 amide bonds. The Bertz CT molecular complexity index is 136. The van der Waals surface area contributed by atoms with Crippen LogP contribution in [0, 0.1) is 0 Å². The largest absolute Gasteiger partial charge is 0.394 e. The van der Waals surface area contributed by atoms with E-state index in [1.807, 2.05) is 0 Å². The maximum atomic E-state index is 9.33. The molecule has 52 valence electrons. The second kappa shape index (κ2) is 1.48. The summed E-state index contributed by atoms with van der Waals surface area (Å²) in [5, 5.41) is 17.9. The van der Waals surface area contributed by atoms with Gasteiger partial charge >= 0.3 is 0 Å². The molecule has 1 aliphatic heterocycles. The highest BCUT2D eigenvalue weighted by Crippen LogP contribution is 2.49. The zero-order valence-corrected chi connectivity index (χ0v) is 5.08. The van der Waals surface area contributed by atoms with Crippen molar-refractivity contribution in [3.05, 3.63) is 0 Å². The second-order valence-corrected chi connectivity index (χ2v) is 2.94. The van der Waals surface area contributed by atoms with Gasteiger partial charge in [-0.25, -0.2) is 0 Å². The molecule has 0 spiro atoms. The smallest absolute Gasteiger partial charge is 0.0960 e. The topological polar surface area (TPSA) is 49.7 Å². The Kier molecular flexibility index (Phi) is 0.928. The molecule has 1 heterocycles. The molecule has 9 heavy (non-hydrogen) atoms. The summed E-state index contributed by atoms with van der Waals surface area (Å²) < 4.78 is 5.19. The Morgan fingerprint density at radius 2 is 2.33 bits per heavy atom. The third kappa shape index (κ3) is 0.689. The van der Waals surface area contributed by atoms with Gasteiger partial charge in [0.05, 0.1) is 24.4 Å². The number of ether oxygens (including phenoxy) is 1. The van der Waals surface area contributed by atoms with E-state index < -0.39 is 5.60 Å². The number of hydrogen-bond acceptors (Lipinski definition) is 3. The first-order valence-corrected chi connectivity index (χ1v) is 3.23. The molecule has 1 saturated heterocycles. The van der Waals surface area contributed by atoms with Crippen molar-refractivity contribution in [3.63, 3.8) is 0 Å². The van der Waals surface area contributed by atoms with Gasteiger partial charge in [0.15, 0.2) is 0 Å². The van der Waals surface area contributed by atoms with E-state index in [0.717, 1.165) is 6.42 Å². The minimum Gasteiger partial charge on any atom is -0.394 e. The molecule has 3 unspecified atom stereocenters. The van der Waals surface area contributed by atoms with Crippen LogP contribution in [0.25, 0.3) is 0 Å². The number of aliphatic hydroxyl groups is 2. The quantitative estimate of drug-likeness (QED) is 0.492. The van der Waals surface area contributed by atoms with Crippen LogP contribution in [-0.2, 0) is 4.74 Å². The van der Waals surface area contributed by atoms with Gasteiger partial charge in [0, 0.05) is 12.8 Å². The third-order valence-electron chi connectivity index (χ3n) is 2.12. The average Bonchev–Trinajstić information content (AvgIpc) is 2.33. The zero-order valence-electron chi connectivity index (χ0n) is 5.08. The Hall–Kier alpha value is -0.120. The summed E-state index contributed by atoms with van der Waals surface area (Å²) in [6, 6.07) is 0. The molecule has 3 atom stereocenters. The van der Waals surface area contributed by atoms with Gasteiger partial charge in [0.25, 0.3) is 0 Å². The van der Waals surface area contributed by atoms with Gasteiger partial charge in [-0.2, -0.15) is 0 Å². The minimum absolute atomic E-state index is 0.0367. The average molecular weight is 130 g/mol. The van der Waals surface area contributed by atoms with E-state index in [1.54, 1.807) is 0 Å². The molecule has 0 aromatic heterocycles. The normalized spacial score (nSPS) is 55.3. The summed E-state index contributed by atoms with van der Waals surface area (Å²) in [7, 11) is 0. The molecule has 0 aromatic rings. The first kappa shape index (κ1) is 5.65. The predicted octanol–water partition coefficient (Wildman–Crippen LogP) is -0.729. The Morgan fingerprint density at radius 1 is 1.56 bits per heavy atom. The molecule has 2 N–H and O–H groups in total. The van der Waals surface area contributed by atoms with Gasteiger partial charge in [-0.15, -0.1) is 0 Å². The fraction of sp³-hybridized carbons (Fsp3) is 1.00. The van der Waals surface area contributed by atoms with E-state index in [-0.39, 0.29) is 18.8 Å². The molecule has 2 rings (SSSR count). The van der Waals surface area contributed by atoms with Crippen LogP contribution in [0.2, 0.25) is 0 Å². The third-order valence-corrected chi connectivity index (χ3v) is 2.12. The van der Waals surface area contributed by atoms with E-state index in [2.05, 4.69) is 0 Å². The van der Waals surface area contributed by atoms with Gasteiger partial charge in [-0.3, -0.25) is 0 Å². The SMILES string of the molecule is OCC1CC2(O)CC2O1. The van der Waals surface area contributed by atoms with Gasteiger partial charge in [-0.1, -0.05) is 0 Å².